The highest BCUT2D eigenvalue weighted by molar-refractivity contribution is 14.0. The van der Waals surface area contributed by atoms with Gasteiger partial charge in [-0.05, 0) is 43.7 Å². The highest BCUT2D eigenvalue weighted by Gasteiger charge is 2.14. The molecule has 1 saturated heterocycles. The molecule has 2 N–H and O–H groups in total. The molecule has 1 unspecified atom stereocenters. The number of ether oxygens (including phenoxy) is 1. The van der Waals surface area contributed by atoms with Crippen molar-refractivity contribution in [3.63, 3.8) is 0 Å². The van der Waals surface area contributed by atoms with Gasteiger partial charge < -0.3 is 15.4 Å². The van der Waals surface area contributed by atoms with Crippen molar-refractivity contribution in [2.24, 2.45) is 4.99 Å². The van der Waals surface area contributed by atoms with E-state index in [-0.39, 0.29) is 24.0 Å². The smallest absolute Gasteiger partial charge is 0.191 e. The predicted molar refractivity (Wildman–Crippen MR) is 108 cm³/mol. The van der Waals surface area contributed by atoms with Crippen molar-refractivity contribution in [2.45, 2.75) is 45.6 Å². The van der Waals surface area contributed by atoms with Crippen molar-refractivity contribution in [1.82, 2.24) is 10.6 Å². The van der Waals surface area contributed by atoms with Gasteiger partial charge in [0.15, 0.2) is 5.96 Å². The average molecular weight is 431 g/mol. The van der Waals surface area contributed by atoms with Crippen LogP contribution in [0.25, 0.3) is 0 Å². The first-order valence-corrected chi connectivity index (χ1v) is 8.53. The zero-order chi connectivity index (χ0) is 15.6. The van der Waals surface area contributed by atoms with Crippen LogP contribution in [0.3, 0.4) is 0 Å². The third-order valence-electron chi connectivity index (χ3n) is 3.96. The van der Waals surface area contributed by atoms with E-state index in [0.29, 0.717) is 6.10 Å². The zero-order valence-corrected chi connectivity index (χ0v) is 16.6. The Kier molecular flexibility index (Phi) is 10.3. The number of halogens is 1. The molecule has 1 aromatic carbocycles. The van der Waals surface area contributed by atoms with Crippen molar-refractivity contribution in [3.05, 3.63) is 35.4 Å². The molecule has 0 aliphatic carbocycles. The van der Waals surface area contributed by atoms with Crippen molar-refractivity contribution >= 4 is 29.9 Å². The molecule has 0 amide bonds. The normalized spacial score (nSPS) is 17.7. The molecule has 1 aliphatic rings. The van der Waals surface area contributed by atoms with Crippen molar-refractivity contribution in [1.29, 1.82) is 0 Å². The van der Waals surface area contributed by atoms with Crippen LogP contribution < -0.4 is 10.6 Å². The highest BCUT2D eigenvalue weighted by Crippen LogP contribution is 2.11. The van der Waals surface area contributed by atoms with Crippen LogP contribution in [-0.2, 0) is 17.6 Å². The Morgan fingerprint density at radius 3 is 2.52 bits per heavy atom. The maximum Gasteiger partial charge on any atom is 0.191 e. The summed E-state index contributed by atoms with van der Waals surface area (Å²) in [6, 6.07) is 8.87. The minimum Gasteiger partial charge on any atom is -0.376 e. The minimum atomic E-state index is 0. The topological polar surface area (TPSA) is 45.7 Å². The van der Waals surface area contributed by atoms with Gasteiger partial charge in [-0.2, -0.15) is 0 Å². The maximum absolute atomic E-state index is 5.61. The number of benzene rings is 1. The van der Waals surface area contributed by atoms with Gasteiger partial charge in [-0.15, -0.1) is 24.0 Å². The van der Waals surface area contributed by atoms with Crippen LogP contribution in [0.5, 0.6) is 0 Å². The predicted octanol–water partition coefficient (Wildman–Crippen LogP) is 3.14. The van der Waals surface area contributed by atoms with Gasteiger partial charge in [0, 0.05) is 19.7 Å². The fourth-order valence-electron chi connectivity index (χ4n) is 2.59. The van der Waals surface area contributed by atoms with Crippen LogP contribution >= 0.6 is 24.0 Å². The Balaban J connectivity index is 0.00000264. The second kappa shape index (κ2) is 11.7. The average Bonchev–Trinajstić information content (AvgIpc) is 3.06. The SMILES string of the molecule is CCNC(=NCC1CCCO1)NCCc1ccc(CC)cc1.I. The lowest BCUT2D eigenvalue weighted by molar-refractivity contribution is 0.117. The second-order valence-electron chi connectivity index (χ2n) is 5.70. The van der Waals surface area contributed by atoms with Gasteiger partial charge in [-0.25, -0.2) is 0 Å². The largest absolute Gasteiger partial charge is 0.376 e. The van der Waals surface area contributed by atoms with E-state index in [4.69, 9.17) is 4.74 Å². The molecular formula is C18H30IN3O. The number of aryl methyl sites for hydroxylation is 1. The van der Waals surface area contributed by atoms with Crippen molar-refractivity contribution < 1.29 is 4.74 Å². The Bertz CT molecular complexity index is 456. The Labute approximate surface area is 157 Å². The number of hydrogen-bond donors (Lipinski definition) is 2. The van der Waals surface area contributed by atoms with Gasteiger partial charge >= 0.3 is 0 Å². The molecule has 1 atom stereocenters. The van der Waals surface area contributed by atoms with Crippen LogP contribution in [-0.4, -0.2) is 38.3 Å². The van der Waals surface area contributed by atoms with Crippen LogP contribution in [0.1, 0.15) is 37.8 Å². The van der Waals surface area contributed by atoms with Crippen molar-refractivity contribution in [2.75, 3.05) is 26.2 Å². The number of nitrogens with one attached hydrogen (secondary N) is 2. The van der Waals surface area contributed by atoms with Crippen LogP contribution in [0.4, 0.5) is 0 Å². The van der Waals surface area contributed by atoms with E-state index in [1.54, 1.807) is 0 Å². The maximum atomic E-state index is 5.61. The molecule has 1 fully saturated rings. The zero-order valence-electron chi connectivity index (χ0n) is 14.3. The molecule has 4 nitrogen and oxygen atoms in total. The molecule has 23 heavy (non-hydrogen) atoms. The molecule has 2 rings (SSSR count). The molecule has 1 heterocycles. The van der Waals surface area contributed by atoms with E-state index < -0.39 is 0 Å². The summed E-state index contributed by atoms with van der Waals surface area (Å²) in [6.07, 6.45) is 4.70. The van der Waals surface area contributed by atoms with E-state index in [2.05, 4.69) is 53.7 Å². The molecule has 0 saturated carbocycles. The minimum absolute atomic E-state index is 0. The van der Waals surface area contributed by atoms with Gasteiger partial charge in [-0.3, -0.25) is 4.99 Å². The third-order valence-corrected chi connectivity index (χ3v) is 3.96. The summed E-state index contributed by atoms with van der Waals surface area (Å²) in [5, 5.41) is 6.70. The fourth-order valence-corrected chi connectivity index (χ4v) is 2.59. The van der Waals surface area contributed by atoms with Gasteiger partial charge in [-0.1, -0.05) is 31.2 Å². The van der Waals surface area contributed by atoms with Crippen LogP contribution in [0.2, 0.25) is 0 Å². The van der Waals surface area contributed by atoms with Gasteiger partial charge in [0.25, 0.3) is 0 Å². The van der Waals surface area contributed by atoms with Gasteiger partial charge in [0.05, 0.1) is 12.6 Å². The van der Waals surface area contributed by atoms with E-state index in [1.807, 2.05) is 0 Å². The molecule has 130 valence electrons. The number of guanidine groups is 1. The van der Waals surface area contributed by atoms with Gasteiger partial charge in [0.1, 0.15) is 0 Å². The van der Waals surface area contributed by atoms with Crippen LogP contribution in [0.15, 0.2) is 29.3 Å². The first-order chi connectivity index (χ1) is 10.8. The summed E-state index contributed by atoms with van der Waals surface area (Å²) in [6.45, 7) is 7.68. The number of rotatable bonds is 7. The fraction of sp³-hybridized carbons (Fsp3) is 0.611. The molecule has 1 aromatic rings. The molecular weight excluding hydrogens is 401 g/mol. The second-order valence-corrected chi connectivity index (χ2v) is 5.70. The molecule has 0 aromatic heterocycles. The summed E-state index contributed by atoms with van der Waals surface area (Å²) in [5.74, 6) is 0.892. The summed E-state index contributed by atoms with van der Waals surface area (Å²) in [7, 11) is 0. The number of nitrogens with zero attached hydrogens (tertiary/aromatic N) is 1. The van der Waals surface area contributed by atoms with E-state index in [0.717, 1.165) is 57.9 Å². The van der Waals surface area contributed by atoms with Crippen molar-refractivity contribution in [3.8, 4) is 0 Å². The Morgan fingerprint density at radius 1 is 1.17 bits per heavy atom. The molecule has 0 bridgehead atoms. The summed E-state index contributed by atoms with van der Waals surface area (Å²) in [5.41, 5.74) is 2.75. The van der Waals surface area contributed by atoms with E-state index >= 15 is 0 Å². The molecule has 1 aliphatic heterocycles. The van der Waals surface area contributed by atoms with Gasteiger partial charge in [0.2, 0.25) is 0 Å². The number of aliphatic imine (C=N–C) groups is 1. The number of hydrogen-bond acceptors (Lipinski definition) is 2. The highest BCUT2D eigenvalue weighted by atomic mass is 127. The third kappa shape index (κ3) is 7.52. The lowest BCUT2D eigenvalue weighted by Gasteiger charge is -2.13. The monoisotopic (exact) mass is 431 g/mol. The summed E-state index contributed by atoms with van der Waals surface area (Å²) >= 11 is 0. The van der Waals surface area contributed by atoms with Crippen LogP contribution in [0, 0.1) is 0 Å². The standard InChI is InChI=1S/C18H29N3O.HI/c1-3-15-7-9-16(10-8-15)11-12-20-18(19-4-2)21-14-17-6-5-13-22-17;/h7-10,17H,3-6,11-14H2,1-2H3,(H2,19,20,21);1H. The first-order valence-electron chi connectivity index (χ1n) is 8.53. The van der Waals surface area contributed by atoms with E-state index in [1.165, 1.54) is 11.1 Å². The Hall–Kier alpha value is -0.820. The summed E-state index contributed by atoms with van der Waals surface area (Å²) < 4.78 is 5.61. The molecule has 0 radical (unpaired) electrons. The Morgan fingerprint density at radius 2 is 1.91 bits per heavy atom. The molecule has 0 spiro atoms. The first kappa shape index (κ1) is 20.2. The quantitative estimate of drug-likeness (QED) is 0.396. The summed E-state index contributed by atoms with van der Waals surface area (Å²) in [4.78, 5) is 4.62. The lowest BCUT2D eigenvalue weighted by atomic mass is 10.1. The lowest BCUT2D eigenvalue weighted by Crippen LogP contribution is -2.38. The molecule has 5 heteroatoms. The van der Waals surface area contributed by atoms with E-state index in [9.17, 15) is 0 Å².